The molecule has 0 aromatic heterocycles. The standard InChI is InChI=1S/C19H23ClF3N3O2/c20-14-6-7-16(15(12-14)19(21,22)23)24-18(28)26-10-8-25(9-11-26)17(27)13-4-2-1-3-5-13/h6-7,12-13H,1-5,8-11H2,(H,24,28). The lowest BCUT2D eigenvalue weighted by Gasteiger charge is -2.37. The third kappa shape index (κ3) is 4.90. The molecule has 1 aliphatic carbocycles. The van der Waals surface area contributed by atoms with Gasteiger partial charge in [-0.15, -0.1) is 0 Å². The number of piperazine rings is 1. The first kappa shape index (κ1) is 20.8. The number of alkyl halides is 3. The van der Waals surface area contributed by atoms with E-state index in [2.05, 4.69) is 5.32 Å². The van der Waals surface area contributed by atoms with Crippen LogP contribution in [0.3, 0.4) is 0 Å². The van der Waals surface area contributed by atoms with Crippen LogP contribution in [0.4, 0.5) is 23.7 Å². The number of benzene rings is 1. The average molecular weight is 418 g/mol. The maximum Gasteiger partial charge on any atom is 0.418 e. The first-order chi connectivity index (χ1) is 13.3. The summed E-state index contributed by atoms with van der Waals surface area (Å²) in [5.74, 6) is 0.203. The second-order valence-corrected chi connectivity index (χ2v) is 7.70. The molecule has 1 N–H and O–H groups in total. The highest BCUT2D eigenvalue weighted by Gasteiger charge is 2.35. The topological polar surface area (TPSA) is 52.7 Å². The van der Waals surface area contributed by atoms with Crippen molar-refractivity contribution in [2.75, 3.05) is 31.5 Å². The van der Waals surface area contributed by atoms with E-state index in [-0.39, 0.29) is 22.5 Å². The van der Waals surface area contributed by atoms with E-state index in [4.69, 9.17) is 11.6 Å². The molecule has 1 heterocycles. The second-order valence-electron chi connectivity index (χ2n) is 7.27. The number of hydrogen-bond donors (Lipinski definition) is 1. The number of amides is 3. The normalized spacial score (nSPS) is 18.9. The molecule has 0 bridgehead atoms. The van der Waals surface area contributed by atoms with Crippen LogP contribution in [0, 0.1) is 5.92 Å². The molecule has 3 rings (SSSR count). The number of nitrogens with zero attached hydrogens (tertiary/aromatic N) is 2. The van der Waals surface area contributed by atoms with Crippen molar-refractivity contribution >= 4 is 29.2 Å². The van der Waals surface area contributed by atoms with Gasteiger partial charge in [0.15, 0.2) is 0 Å². The monoisotopic (exact) mass is 417 g/mol. The molecule has 0 unspecified atom stereocenters. The summed E-state index contributed by atoms with van der Waals surface area (Å²) in [6.07, 6.45) is 0.510. The van der Waals surface area contributed by atoms with E-state index in [0.717, 1.165) is 37.8 Å². The maximum atomic E-state index is 13.2. The summed E-state index contributed by atoms with van der Waals surface area (Å²) in [7, 11) is 0. The van der Waals surface area contributed by atoms with Crippen LogP contribution in [0.2, 0.25) is 5.02 Å². The molecule has 0 radical (unpaired) electrons. The van der Waals surface area contributed by atoms with Crippen LogP contribution in [-0.2, 0) is 11.0 Å². The Morgan fingerprint density at radius 2 is 1.61 bits per heavy atom. The van der Waals surface area contributed by atoms with E-state index in [1.54, 1.807) is 4.90 Å². The van der Waals surface area contributed by atoms with Crippen LogP contribution in [-0.4, -0.2) is 47.9 Å². The summed E-state index contributed by atoms with van der Waals surface area (Å²) < 4.78 is 39.5. The molecule has 5 nitrogen and oxygen atoms in total. The second kappa shape index (κ2) is 8.59. The predicted molar refractivity (Wildman–Crippen MR) is 100 cm³/mol. The quantitative estimate of drug-likeness (QED) is 0.763. The van der Waals surface area contributed by atoms with Crippen LogP contribution >= 0.6 is 11.6 Å². The van der Waals surface area contributed by atoms with Gasteiger partial charge in [-0.2, -0.15) is 13.2 Å². The fraction of sp³-hybridized carbons (Fsp3) is 0.579. The molecular weight excluding hydrogens is 395 g/mol. The Bertz CT molecular complexity index is 728. The van der Waals surface area contributed by atoms with Crippen molar-refractivity contribution in [2.45, 2.75) is 38.3 Å². The molecule has 1 aliphatic heterocycles. The third-order valence-electron chi connectivity index (χ3n) is 5.36. The molecule has 1 saturated heterocycles. The van der Waals surface area contributed by atoms with Crippen LogP contribution in [0.15, 0.2) is 18.2 Å². The summed E-state index contributed by atoms with van der Waals surface area (Å²) in [6, 6.07) is 2.62. The van der Waals surface area contributed by atoms with Crippen molar-refractivity contribution < 1.29 is 22.8 Å². The van der Waals surface area contributed by atoms with Crippen molar-refractivity contribution in [1.82, 2.24) is 9.80 Å². The van der Waals surface area contributed by atoms with Gasteiger partial charge < -0.3 is 15.1 Å². The number of carbonyl (C=O) groups excluding carboxylic acids is 2. The lowest BCUT2D eigenvalue weighted by Crippen LogP contribution is -2.53. The summed E-state index contributed by atoms with van der Waals surface area (Å²) >= 11 is 5.66. The molecule has 2 aliphatic rings. The van der Waals surface area contributed by atoms with E-state index >= 15 is 0 Å². The summed E-state index contributed by atoms with van der Waals surface area (Å²) in [5, 5.41) is 2.27. The molecular formula is C19H23ClF3N3O2. The van der Waals surface area contributed by atoms with Gasteiger partial charge in [0.05, 0.1) is 11.3 Å². The van der Waals surface area contributed by atoms with Gasteiger partial charge >= 0.3 is 12.2 Å². The van der Waals surface area contributed by atoms with Crippen molar-refractivity contribution in [3.63, 3.8) is 0 Å². The summed E-state index contributed by atoms with van der Waals surface area (Å²) in [5.41, 5.74) is -1.32. The van der Waals surface area contributed by atoms with E-state index in [1.165, 1.54) is 17.4 Å². The molecule has 0 atom stereocenters. The molecule has 0 spiro atoms. The Kier molecular flexibility index (Phi) is 6.37. The molecule has 2 fully saturated rings. The predicted octanol–water partition coefficient (Wildman–Crippen LogP) is 4.62. The van der Waals surface area contributed by atoms with Crippen molar-refractivity contribution in [3.05, 3.63) is 28.8 Å². The first-order valence-electron chi connectivity index (χ1n) is 9.47. The van der Waals surface area contributed by atoms with Crippen LogP contribution in [0.5, 0.6) is 0 Å². The minimum absolute atomic E-state index is 0.0554. The zero-order chi connectivity index (χ0) is 20.3. The van der Waals surface area contributed by atoms with Crippen molar-refractivity contribution in [1.29, 1.82) is 0 Å². The van der Waals surface area contributed by atoms with Gasteiger partial charge in [0.1, 0.15) is 0 Å². The highest BCUT2D eigenvalue weighted by Crippen LogP contribution is 2.36. The Morgan fingerprint density at radius 3 is 2.21 bits per heavy atom. The molecule has 28 heavy (non-hydrogen) atoms. The Hall–Kier alpha value is -1.96. The number of halogens is 4. The number of rotatable bonds is 2. The Morgan fingerprint density at radius 1 is 1.00 bits per heavy atom. The van der Waals surface area contributed by atoms with Gasteiger partial charge in [-0.3, -0.25) is 4.79 Å². The number of nitrogens with one attached hydrogen (secondary N) is 1. The zero-order valence-electron chi connectivity index (χ0n) is 15.4. The zero-order valence-corrected chi connectivity index (χ0v) is 16.2. The van der Waals surface area contributed by atoms with E-state index < -0.39 is 17.8 Å². The lowest BCUT2D eigenvalue weighted by atomic mass is 9.88. The van der Waals surface area contributed by atoms with Gasteiger partial charge in [-0.1, -0.05) is 30.9 Å². The first-order valence-corrected chi connectivity index (χ1v) is 9.85. The van der Waals surface area contributed by atoms with Gasteiger partial charge in [0, 0.05) is 37.1 Å². The highest BCUT2D eigenvalue weighted by molar-refractivity contribution is 6.30. The van der Waals surface area contributed by atoms with E-state index in [0.29, 0.717) is 26.2 Å². The highest BCUT2D eigenvalue weighted by atomic mass is 35.5. The SMILES string of the molecule is O=C(Nc1ccc(Cl)cc1C(F)(F)F)N1CCN(C(=O)C2CCCCC2)CC1. The fourth-order valence-corrected chi connectivity index (χ4v) is 3.96. The largest absolute Gasteiger partial charge is 0.418 e. The van der Waals surface area contributed by atoms with E-state index in [9.17, 15) is 22.8 Å². The minimum Gasteiger partial charge on any atom is -0.339 e. The maximum absolute atomic E-state index is 13.2. The van der Waals surface area contributed by atoms with Crippen LogP contribution in [0.1, 0.15) is 37.7 Å². The number of hydrogen-bond acceptors (Lipinski definition) is 2. The number of urea groups is 1. The fourth-order valence-electron chi connectivity index (χ4n) is 3.79. The van der Waals surface area contributed by atoms with Crippen LogP contribution in [0.25, 0.3) is 0 Å². The Balaban J connectivity index is 1.58. The van der Waals surface area contributed by atoms with Gasteiger partial charge in [-0.25, -0.2) is 4.79 Å². The molecule has 1 aromatic rings. The number of carbonyl (C=O) groups is 2. The van der Waals surface area contributed by atoms with Gasteiger partial charge in [0.2, 0.25) is 5.91 Å². The molecule has 1 aromatic carbocycles. The van der Waals surface area contributed by atoms with Gasteiger partial charge in [0.25, 0.3) is 0 Å². The summed E-state index contributed by atoms with van der Waals surface area (Å²) in [6.45, 7) is 1.38. The lowest BCUT2D eigenvalue weighted by molar-refractivity contribution is -0.138. The number of anilines is 1. The van der Waals surface area contributed by atoms with Gasteiger partial charge in [-0.05, 0) is 31.0 Å². The smallest absolute Gasteiger partial charge is 0.339 e. The van der Waals surface area contributed by atoms with Crippen LogP contribution < -0.4 is 5.32 Å². The van der Waals surface area contributed by atoms with Crippen molar-refractivity contribution in [3.8, 4) is 0 Å². The van der Waals surface area contributed by atoms with E-state index in [1.807, 2.05) is 0 Å². The molecule has 3 amide bonds. The average Bonchev–Trinajstić information content (AvgIpc) is 2.68. The molecule has 1 saturated carbocycles. The molecule has 9 heteroatoms. The molecule has 154 valence electrons. The Labute approximate surface area is 166 Å². The van der Waals surface area contributed by atoms with Crippen molar-refractivity contribution in [2.24, 2.45) is 5.92 Å². The minimum atomic E-state index is -4.63. The summed E-state index contributed by atoms with van der Waals surface area (Å²) in [4.78, 5) is 28.2. The third-order valence-corrected chi connectivity index (χ3v) is 5.60.